The molecule has 0 bridgehead atoms. The van der Waals surface area contributed by atoms with Crippen LogP contribution in [0.5, 0.6) is 0 Å². The summed E-state index contributed by atoms with van der Waals surface area (Å²) in [6.07, 6.45) is 1.02. The van der Waals surface area contributed by atoms with E-state index in [2.05, 4.69) is 17.1 Å². The third-order valence-corrected chi connectivity index (χ3v) is 3.59. The molecule has 2 atom stereocenters. The summed E-state index contributed by atoms with van der Waals surface area (Å²) in [5.41, 5.74) is -0.619. The van der Waals surface area contributed by atoms with E-state index in [1.54, 1.807) is 0 Å². The number of hydrogen-bond acceptors (Lipinski definition) is 5. The molecule has 2 unspecified atom stereocenters. The van der Waals surface area contributed by atoms with Gasteiger partial charge in [-0.3, -0.25) is 15.0 Å². The smallest absolute Gasteiger partial charge is 0.326 e. The van der Waals surface area contributed by atoms with Gasteiger partial charge in [-0.15, -0.1) is 0 Å². The van der Waals surface area contributed by atoms with Crippen molar-refractivity contribution in [2.75, 3.05) is 32.8 Å². The van der Waals surface area contributed by atoms with Crippen molar-refractivity contribution < 1.29 is 14.3 Å². The van der Waals surface area contributed by atoms with Crippen molar-refractivity contribution in [2.24, 2.45) is 0 Å². The van der Waals surface area contributed by atoms with Crippen molar-refractivity contribution in [3.8, 4) is 0 Å². The fraction of sp³-hybridized carbons (Fsp3) is 0.933. The molecular formula is C15H30N2O3. The van der Waals surface area contributed by atoms with Crippen LogP contribution >= 0.6 is 0 Å². The topological polar surface area (TPSA) is 50.8 Å². The van der Waals surface area contributed by atoms with E-state index in [0.29, 0.717) is 6.61 Å². The van der Waals surface area contributed by atoms with Gasteiger partial charge in [-0.05, 0) is 41.0 Å². The summed E-state index contributed by atoms with van der Waals surface area (Å²) in [6.45, 7) is 13.9. The zero-order valence-electron chi connectivity index (χ0n) is 13.6. The molecular weight excluding hydrogens is 256 g/mol. The van der Waals surface area contributed by atoms with Crippen molar-refractivity contribution in [1.29, 1.82) is 0 Å². The zero-order valence-corrected chi connectivity index (χ0v) is 13.6. The van der Waals surface area contributed by atoms with E-state index in [1.165, 1.54) is 0 Å². The summed E-state index contributed by atoms with van der Waals surface area (Å²) in [4.78, 5) is 14.6. The van der Waals surface area contributed by atoms with Crippen LogP contribution in [0.25, 0.3) is 0 Å². The molecule has 1 aliphatic rings. The number of carbonyl (C=O) groups is 1. The molecule has 118 valence electrons. The normalized spacial score (nSPS) is 23.6. The van der Waals surface area contributed by atoms with E-state index < -0.39 is 5.54 Å². The number of nitrogens with zero attached hydrogens (tertiary/aromatic N) is 1. The average Bonchev–Trinajstić information content (AvgIpc) is 2.36. The standard InChI is InChI=1S/C15H30N2O3/c1-6-19-14(18)15(5,16-12(2)3)7-8-17-9-10-20-13(4)11-17/h12-13,16H,6-11H2,1-5H3. The van der Waals surface area contributed by atoms with Gasteiger partial charge in [0.15, 0.2) is 0 Å². The molecule has 1 aliphatic heterocycles. The van der Waals surface area contributed by atoms with E-state index in [4.69, 9.17) is 9.47 Å². The molecule has 1 N–H and O–H groups in total. The van der Waals surface area contributed by atoms with Crippen molar-refractivity contribution in [1.82, 2.24) is 10.2 Å². The molecule has 20 heavy (non-hydrogen) atoms. The highest BCUT2D eigenvalue weighted by Crippen LogP contribution is 2.16. The third-order valence-electron chi connectivity index (χ3n) is 3.59. The highest BCUT2D eigenvalue weighted by Gasteiger charge is 2.35. The first-order chi connectivity index (χ1) is 9.37. The number of hydrogen-bond donors (Lipinski definition) is 1. The first kappa shape index (κ1) is 17.4. The fourth-order valence-electron chi connectivity index (χ4n) is 2.64. The Hall–Kier alpha value is -0.650. The van der Waals surface area contributed by atoms with Gasteiger partial charge in [0, 0.05) is 25.7 Å². The maximum absolute atomic E-state index is 12.2. The maximum Gasteiger partial charge on any atom is 0.326 e. The fourth-order valence-corrected chi connectivity index (χ4v) is 2.64. The molecule has 1 heterocycles. The first-order valence-corrected chi connectivity index (χ1v) is 7.66. The molecule has 1 fully saturated rings. The molecule has 1 rings (SSSR count). The van der Waals surface area contributed by atoms with Gasteiger partial charge in [0.05, 0.1) is 19.3 Å². The van der Waals surface area contributed by atoms with E-state index in [-0.39, 0.29) is 18.1 Å². The Morgan fingerprint density at radius 2 is 2.25 bits per heavy atom. The SMILES string of the molecule is CCOC(=O)C(C)(CCN1CCOC(C)C1)NC(C)C. The highest BCUT2D eigenvalue weighted by atomic mass is 16.5. The number of esters is 1. The first-order valence-electron chi connectivity index (χ1n) is 7.66. The molecule has 0 aromatic heterocycles. The van der Waals surface area contributed by atoms with Gasteiger partial charge in [-0.25, -0.2) is 0 Å². The lowest BCUT2D eigenvalue weighted by Gasteiger charge is -2.35. The van der Waals surface area contributed by atoms with Crippen molar-refractivity contribution in [3.05, 3.63) is 0 Å². The summed E-state index contributed by atoms with van der Waals surface area (Å²) in [5.74, 6) is -0.157. The summed E-state index contributed by atoms with van der Waals surface area (Å²) >= 11 is 0. The van der Waals surface area contributed by atoms with E-state index in [0.717, 1.165) is 32.7 Å². The summed E-state index contributed by atoms with van der Waals surface area (Å²) < 4.78 is 10.8. The summed E-state index contributed by atoms with van der Waals surface area (Å²) in [7, 11) is 0. The number of ether oxygens (including phenoxy) is 2. The number of nitrogens with one attached hydrogen (secondary N) is 1. The number of rotatable bonds is 7. The van der Waals surface area contributed by atoms with Gasteiger partial charge in [0.1, 0.15) is 5.54 Å². The van der Waals surface area contributed by atoms with Gasteiger partial charge >= 0.3 is 5.97 Å². The molecule has 0 aromatic rings. The van der Waals surface area contributed by atoms with Crippen molar-refractivity contribution >= 4 is 5.97 Å². The predicted molar refractivity (Wildman–Crippen MR) is 79.8 cm³/mol. The van der Waals surface area contributed by atoms with E-state index in [1.807, 2.05) is 27.7 Å². The molecule has 0 radical (unpaired) electrons. The van der Waals surface area contributed by atoms with Crippen LogP contribution in [-0.2, 0) is 14.3 Å². The Balaban J connectivity index is 2.57. The zero-order chi connectivity index (χ0) is 15.2. The van der Waals surface area contributed by atoms with Crippen molar-refractivity contribution in [2.45, 2.75) is 58.7 Å². The van der Waals surface area contributed by atoms with Crippen LogP contribution in [0.2, 0.25) is 0 Å². The minimum absolute atomic E-state index is 0.157. The molecule has 0 saturated carbocycles. The second-order valence-electron chi connectivity index (χ2n) is 6.08. The van der Waals surface area contributed by atoms with Crippen LogP contribution in [-0.4, -0.2) is 61.4 Å². The second kappa shape index (κ2) is 7.96. The van der Waals surface area contributed by atoms with Crippen LogP contribution in [0.1, 0.15) is 41.0 Å². The van der Waals surface area contributed by atoms with Gasteiger partial charge in [0.2, 0.25) is 0 Å². The Bertz CT molecular complexity index is 309. The Labute approximate surface area is 123 Å². The molecule has 0 spiro atoms. The molecule has 0 amide bonds. The third kappa shape index (κ3) is 5.38. The largest absolute Gasteiger partial charge is 0.465 e. The van der Waals surface area contributed by atoms with Crippen LogP contribution in [0.3, 0.4) is 0 Å². The minimum atomic E-state index is -0.619. The lowest BCUT2D eigenvalue weighted by atomic mass is 9.96. The van der Waals surface area contributed by atoms with Crippen LogP contribution < -0.4 is 5.32 Å². The van der Waals surface area contributed by atoms with Crippen LogP contribution in [0, 0.1) is 0 Å². The average molecular weight is 286 g/mol. The molecule has 0 aromatic carbocycles. The second-order valence-corrected chi connectivity index (χ2v) is 6.08. The summed E-state index contributed by atoms with van der Waals surface area (Å²) in [6, 6.07) is 0.244. The quantitative estimate of drug-likeness (QED) is 0.717. The Kier molecular flexibility index (Phi) is 6.92. The van der Waals surface area contributed by atoms with Gasteiger partial charge in [0.25, 0.3) is 0 Å². The monoisotopic (exact) mass is 286 g/mol. The highest BCUT2D eigenvalue weighted by molar-refractivity contribution is 5.80. The van der Waals surface area contributed by atoms with Gasteiger partial charge in [-0.2, -0.15) is 0 Å². The van der Waals surface area contributed by atoms with Crippen LogP contribution in [0.15, 0.2) is 0 Å². The van der Waals surface area contributed by atoms with Crippen molar-refractivity contribution in [3.63, 3.8) is 0 Å². The lowest BCUT2D eigenvalue weighted by Crippen LogP contribution is -2.55. The predicted octanol–water partition coefficient (Wildman–Crippen LogP) is 1.42. The summed E-state index contributed by atoms with van der Waals surface area (Å²) in [5, 5.41) is 3.36. The molecule has 1 saturated heterocycles. The van der Waals surface area contributed by atoms with Gasteiger partial charge < -0.3 is 9.47 Å². The van der Waals surface area contributed by atoms with Gasteiger partial charge in [-0.1, -0.05) is 0 Å². The van der Waals surface area contributed by atoms with E-state index >= 15 is 0 Å². The minimum Gasteiger partial charge on any atom is -0.465 e. The molecule has 5 heteroatoms. The Morgan fingerprint density at radius 3 is 2.80 bits per heavy atom. The Morgan fingerprint density at radius 1 is 1.55 bits per heavy atom. The number of carbonyl (C=O) groups excluding carboxylic acids is 1. The molecule has 0 aliphatic carbocycles. The lowest BCUT2D eigenvalue weighted by molar-refractivity contribution is -0.151. The molecule has 5 nitrogen and oxygen atoms in total. The number of morpholine rings is 1. The van der Waals surface area contributed by atoms with E-state index in [9.17, 15) is 4.79 Å². The maximum atomic E-state index is 12.2. The van der Waals surface area contributed by atoms with Crippen LogP contribution in [0.4, 0.5) is 0 Å².